The summed E-state index contributed by atoms with van der Waals surface area (Å²) in [7, 11) is 1.33. The van der Waals surface area contributed by atoms with Crippen LogP contribution in [-0.4, -0.2) is 29.0 Å². The number of hydrogen-bond donors (Lipinski definition) is 2. The maximum Gasteiger partial charge on any atom is 0.311 e. The van der Waals surface area contributed by atoms with Gasteiger partial charge in [0.25, 0.3) is 5.91 Å². The number of methoxy groups -OCH3 is 1. The van der Waals surface area contributed by atoms with E-state index in [4.69, 9.17) is 0 Å². The number of amides is 1. The van der Waals surface area contributed by atoms with E-state index in [-0.39, 0.29) is 18.3 Å². The molecule has 0 aliphatic rings. The summed E-state index contributed by atoms with van der Waals surface area (Å²) in [5, 5.41) is 5.95. The molecular weight excluding hydrogens is 326 g/mol. The molecule has 24 heavy (non-hydrogen) atoms. The number of aryl methyl sites for hydroxylation is 2. The number of nitrogens with zero attached hydrogens (tertiary/aromatic N) is 1. The fourth-order valence-corrected chi connectivity index (χ4v) is 3.26. The minimum atomic E-state index is -0.361. The summed E-state index contributed by atoms with van der Waals surface area (Å²) in [5.41, 5.74) is 4.24. The normalized spacial score (nSPS) is 10.8. The number of nitrogens with one attached hydrogen (secondary N) is 2. The van der Waals surface area contributed by atoms with Crippen molar-refractivity contribution in [1.82, 2.24) is 9.97 Å². The number of anilines is 1. The number of thiazole rings is 1. The molecule has 2 aromatic heterocycles. The van der Waals surface area contributed by atoms with Gasteiger partial charge in [0.05, 0.1) is 19.2 Å². The van der Waals surface area contributed by atoms with E-state index in [2.05, 4.69) is 26.1 Å². The number of carbonyl (C=O) groups excluding carboxylic acids is 2. The van der Waals surface area contributed by atoms with Crippen molar-refractivity contribution in [2.75, 3.05) is 12.4 Å². The largest absolute Gasteiger partial charge is 0.469 e. The first-order valence-electron chi connectivity index (χ1n) is 7.39. The van der Waals surface area contributed by atoms with E-state index in [1.165, 1.54) is 18.4 Å². The van der Waals surface area contributed by atoms with Crippen LogP contribution in [0, 0.1) is 13.8 Å². The second-order valence-electron chi connectivity index (χ2n) is 5.58. The molecule has 0 aliphatic carbocycles. The van der Waals surface area contributed by atoms with Crippen LogP contribution in [0.5, 0.6) is 0 Å². The molecule has 0 aliphatic heterocycles. The van der Waals surface area contributed by atoms with Crippen molar-refractivity contribution in [3.05, 3.63) is 46.1 Å². The Hall–Kier alpha value is -2.67. The van der Waals surface area contributed by atoms with E-state index in [0.717, 1.165) is 22.0 Å². The van der Waals surface area contributed by atoms with Crippen LogP contribution in [0.1, 0.15) is 27.3 Å². The van der Waals surface area contributed by atoms with E-state index in [0.29, 0.717) is 16.5 Å². The van der Waals surface area contributed by atoms with Crippen LogP contribution in [0.3, 0.4) is 0 Å². The second kappa shape index (κ2) is 6.45. The Kier molecular flexibility index (Phi) is 4.35. The van der Waals surface area contributed by atoms with Gasteiger partial charge in [-0.3, -0.25) is 14.9 Å². The van der Waals surface area contributed by atoms with Crippen molar-refractivity contribution in [2.45, 2.75) is 20.3 Å². The second-order valence-corrected chi connectivity index (χ2v) is 6.44. The van der Waals surface area contributed by atoms with Crippen molar-refractivity contribution in [3.63, 3.8) is 0 Å². The van der Waals surface area contributed by atoms with Gasteiger partial charge in [0, 0.05) is 16.3 Å². The van der Waals surface area contributed by atoms with Crippen molar-refractivity contribution in [3.8, 4) is 0 Å². The number of benzene rings is 1. The number of ether oxygens (including phenoxy) is 1. The van der Waals surface area contributed by atoms with E-state index in [1.807, 2.05) is 26.0 Å². The lowest BCUT2D eigenvalue weighted by Crippen LogP contribution is -2.12. The zero-order valence-electron chi connectivity index (χ0n) is 13.6. The van der Waals surface area contributed by atoms with E-state index in [1.54, 1.807) is 5.38 Å². The van der Waals surface area contributed by atoms with Gasteiger partial charge in [-0.05, 0) is 37.1 Å². The molecule has 0 radical (unpaired) electrons. The van der Waals surface area contributed by atoms with Crippen LogP contribution in [0.2, 0.25) is 0 Å². The summed E-state index contributed by atoms with van der Waals surface area (Å²) in [6.45, 7) is 4.04. The summed E-state index contributed by atoms with van der Waals surface area (Å²) in [6, 6.07) is 5.93. The Labute approximate surface area is 142 Å². The van der Waals surface area contributed by atoms with Crippen LogP contribution in [-0.2, 0) is 16.0 Å². The molecular formula is C17H17N3O3S. The number of fused-ring (bicyclic) bond motifs is 1. The third-order valence-corrected chi connectivity index (χ3v) is 4.47. The number of carbonyl (C=O) groups is 2. The zero-order valence-corrected chi connectivity index (χ0v) is 14.4. The van der Waals surface area contributed by atoms with Gasteiger partial charge in [-0.15, -0.1) is 11.3 Å². The fraction of sp³-hybridized carbons (Fsp3) is 0.235. The quantitative estimate of drug-likeness (QED) is 0.713. The summed E-state index contributed by atoms with van der Waals surface area (Å²) >= 11 is 1.27. The number of H-pyrrole nitrogens is 1. The molecule has 0 spiro atoms. The minimum absolute atomic E-state index is 0.0910. The third kappa shape index (κ3) is 3.30. The molecule has 0 unspecified atom stereocenters. The molecule has 0 saturated heterocycles. The highest BCUT2D eigenvalue weighted by Gasteiger charge is 2.14. The maximum absolute atomic E-state index is 12.4. The SMILES string of the molecule is COC(=O)Cc1csc(NC(=O)c2cc3c(C)cc(C)cc3[nH]2)n1. The van der Waals surface area contributed by atoms with Crippen LogP contribution < -0.4 is 5.32 Å². The van der Waals surface area contributed by atoms with Crippen molar-refractivity contribution in [1.29, 1.82) is 0 Å². The molecule has 2 N–H and O–H groups in total. The third-order valence-electron chi connectivity index (χ3n) is 3.66. The van der Waals surface area contributed by atoms with Gasteiger partial charge in [-0.2, -0.15) is 0 Å². The van der Waals surface area contributed by atoms with E-state index >= 15 is 0 Å². The van der Waals surface area contributed by atoms with Crippen LogP contribution >= 0.6 is 11.3 Å². The molecule has 1 amide bonds. The number of esters is 1. The first-order valence-corrected chi connectivity index (χ1v) is 8.27. The van der Waals surface area contributed by atoms with Gasteiger partial charge in [-0.25, -0.2) is 4.98 Å². The fourth-order valence-electron chi connectivity index (χ4n) is 2.55. The Morgan fingerprint density at radius 3 is 2.83 bits per heavy atom. The van der Waals surface area contributed by atoms with Gasteiger partial charge >= 0.3 is 5.97 Å². The van der Waals surface area contributed by atoms with Gasteiger partial charge in [0.2, 0.25) is 0 Å². The summed E-state index contributed by atoms with van der Waals surface area (Å²) in [4.78, 5) is 31.0. The average molecular weight is 343 g/mol. The number of hydrogen-bond acceptors (Lipinski definition) is 5. The van der Waals surface area contributed by atoms with Crippen LogP contribution in [0.15, 0.2) is 23.6 Å². The number of aromatic amines is 1. The highest BCUT2D eigenvalue weighted by molar-refractivity contribution is 7.14. The van der Waals surface area contributed by atoms with Gasteiger partial charge in [0.1, 0.15) is 5.69 Å². The first-order chi connectivity index (χ1) is 11.5. The van der Waals surface area contributed by atoms with Gasteiger partial charge in [0.15, 0.2) is 5.13 Å². The molecule has 1 aromatic carbocycles. The molecule has 2 heterocycles. The standard InChI is InChI=1S/C17H17N3O3S/c1-9-4-10(2)12-7-14(19-13(12)5-9)16(22)20-17-18-11(8-24-17)6-15(21)23-3/h4-5,7-8,19H,6H2,1-3H3,(H,18,20,22). The first kappa shape index (κ1) is 16.2. The topological polar surface area (TPSA) is 84.1 Å². The average Bonchev–Trinajstić information content (AvgIpc) is 3.14. The summed E-state index contributed by atoms with van der Waals surface area (Å²) in [5.74, 6) is -0.623. The highest BCUT2D eigenvalue weighted by Crippen LogP contribution is 2.23. The molecule has 0 atom stereocenters. The molecule has 3 aromatic rings. The Bertz CT molecular complexity index is 926. The molecule has 0 bridgehead atoms. The lowest BCUT2D eigenvalue weighted by Gasteiger charge is -1.98. The Morgan fingerprint density at radius 1 is 1.29 bits per heavy atom. The minimum Gasteiger partial charge on any atom is -0.469 e. The predicted octanol–water partition coefficient (Wildman–Crippen LogP) is 3.21. The summed E-state index contributed by atoms with van der Waals surface area (Å²) < 4.78 is 4.60. The molecule has 124 valence electrons. The Morgan fingerprint density at radius 2 is 2.08 bits per heavy atom. The number of rotatable bonds is 4. The summed E-state index contributed by atoms with van der Waals surface area (Å²) in [6.07, 6.45) is 0.0910. The number of aromatic nitrogens is 2. The smallest absolute Gasteiger partial charge is 0.311 e. The van der Waals surface area contributed by atoms with E-state index in [9.17, 15) is 9.59 Å². The molecule has 3 rings (SSSR count). The van der Waals surface area contributed by atoms with Crippen LogP contribution in [0.4, 0.5) is 5.13 Å². The van der Waals surface area contributed by atoms with E-state index < -0.39 is 0 Å². The van der Waals surface area contributed by atoms with Gasteiger partial charge < -0.3 is 9.72 Å². The van der Waals surface area contributed by atoms with Gasteiger partial charge in [-0.1, -0.05) is 6.07 Å². The highest BCUT2D eigenvalue weighted by atomic mass is 32.1. The van der Waals surface area contributed by atoms with Crippen molar-refractivity contribution < 1.29 is 14.3 Å². The van der Waals surface area contributed by atoms with Crippen LogP contribution in [0.25, 0.3) is 10.9 Å². The van der Waals surface area contributed by atoms with Crippen molar-refractivity contribution in [2.24, 2.45) is 0 Å². The predicted molar refractivity (Wildman–Crippen MR) is 93.6 cm³/mol. The zero-order chi connectivity index (χ0) is 17.3. The molecule has 6 nitrogen and oxygen atoms in total. The molecule has 0 saturated carbocycles. The monoisotopic (exact) mass is 343 g/mol. The molecule has 7 heteroatoms. The lowest BCUT2D eigenvalue weighted by atomic mass is 10.1. The maximum atomic E-state index is 12.4. The Balaban J connectivity index is 1.78. The lowest BCUT2D eigenvalue weighted by molar-refractivity contribution is -0.139. The van der Waals surface area contributed by atoms with Crippen molar-refractivity contribution >= 4 is 39.2 Å². The molecule has 0 fully saturated rings.